The van der Waals surface area contributed by atoms with Gasteiger partial charge in [-0.3, -0.25) is 0 Å². The Hall–Kier alpha value is -1.87. The lowest BCUT2D eigenvalue weighted by Crippen LogP contribution is -1.82. The number of hydrogen-bond donors (Lipinski definition) is 0. The molecule has 1 aromatic carbocycles. The molecule has 0 unspecified atom stereocenters. The SMILES string of the molecule is Cc1cccc(-c2coc3ncnc(Cl)c23)c1. The van der Waals surface area contributed by atoms with Crippen molar-refractivity contribution >= 4 is 22.7 Å². The van der Waals surface area contributed by atoms with Crippen LogP contribution in [0.3, 0.4) is 0 Å². The van der Waals surface area contributed by atoms with Gasteiger partial charge in [-0.2, -0.15) is 0 Å². The molecule has 0 spiro atoms. The van der Waals surface area contributed by atoms with Gasteiger partial charge in [0, 0.05) is 5.56 Å². The van der Waals surface area contributed by atoms with Crippen molar-refractivity contribution < 1.29 is 4.42 Å². The highest BCUT2D eigenvalue weighted by atomic mass is 35.5. The Morgan fingerprint density at radius 3 is 2.94 bits per heavy atom. The van der Waals surface area contributed by atoms with Crippen LogP contribution in [0.25, 0.3) is 22.2 Å². The average Bonchev–Trinajstić information content (AvgIpc) is 2.74. The molecule has 0 aliphatic rings. The first kappa shape index (κ1) is 10.3. The normalized spacial score (nSPS) is 10.9. The molecule has 0 N–H and O–H groups in total. The molecule has 0 aliphatic heterocycles. The van der Waals surface area contributed by atoms with E-state index in [2.05, 4.69) is 16.0 Å². The molecular weight excluding hydrogens is 236 g/mol. The summed E-state index contributed by atoms with van der Waals surface area (Å²) in [5.41, 5.74) is 3.68. The van der Waals surface area contributed by atoms with Gasteiger partial charge in [0.2, 0.25) is 5.71 Å². The molecule has 4 heteroatoms. The molecule has 0 radical (unpaired) electrons. The van der Waals surface area contributed by atoms with Gasteiger partial charge in [0.25, 0.3) is 0 Å². The van der Waals surface area contributed by atoms with Crippen molar-refractivity contribution in [3.8, 4) is 11.1 Å². The zero-order valence-electron chi connectivity index (χ0n) is 9.14. The van der Waals surface area contributed by atoms with E-state index in [0.717, 1.165) is 16.5 Å². The van der Waals surface area contributed by atoms with Gasteiger partial charge >= 0.3 is 0 Å². The van der Waals surface area contributed by atoms with E-state index in [1.54, 1.807) is 6.26 Å². The Labute approximate surface area is 103 Å². The van der Waals surface area contributed by atoms with E-state index in [4.69, 9.17) is 16.0 Å². The third kappa shape index (κ3) is 1.68. The van der Waals surface area contributed by atoms with Crippen molar-refractivity contribution in [3.63, 3.8) is 0 Å². The van der Waals surface area contributed by atoms with Crippen LogP contribution < -0.4 is 0 Å². The lowest BCUT2D eigenvalue weighted by molar-refractivity contribution is 0.603. The minimum Gasteiger partial charge on any atom is -0.445 e. The maximum absolute atomic E-state index is 6.08. The fourth-order valence-corrected chi connectivity index (χ4v) is 2.09. The van der Waals surface area contributed by atoms with E-state index in [-0.39, 0.29) is 0 Å². The number of aromatic nitrogens is 2. The van der Waals surface area contributed by atoms with Crippen LogP contribution in [0.5, 0.6) is 0 Å². The Bertz CT molecular complexity index is 691. The zero-order valence-corrected chi connectivity index (χ0v) is 9.90. The van der Waals surface area contributed by atoms with Crippen molar-refractivity contribution in [1.29, 1.82) is 0 Å². The molecule has 17 heavy (non-hydrogen) atoms. The van der Waals surface area contributed by atoms with Gasteiger partial charge in [-0.1, -0.05) is 41.4 Å². The largest absolute Gasteiger partial charge is 0.445 e. The van der Waals surface area contributed by atoms with E-state index >= 15 is 0 Å². The number of benzene rings is 1. The summed E-state index contributed by atoms with van der Waals surface area (Å²) in [6, 6.07) is 8.14. The smallest absolute Gasteiger partial charge is 0.231 e. The van der Waals surface area contributed by atoms with Crippen LogP contribution in [0.4, 0.5) is 0 Å². The van der Waals surface area contributed by atoms with Crippen LogP contribution in [-0.4, -0.2) is 9.97 Å². The van der Waals surface area contributed by atoms with Crippen molar-refractivity contribution in [2.45, 2.75) is 6.92 Å². The minimum atomic E-state index is 0.417. The minimum absolute atomic E-state index is 0.417. The number of nitrogens with zero attached hydrogens (tertiary/aromatic N) is 2. The molecular formula is C13H9ClN2O. The van der Waals surface area contributed by atoms with Crippen LogP contribution in [0.1, 0.15) is 5.56 Å². The van der Waals surface area contributed by atoms with Gasteiger partial charge in [0.15, 0.2) is 0 Å². The average molecular weight is 245 g/mol. The quantitative estimate of drug-likeness (QED) is 0.611. The molecule has 2 heterocycles. The zero-order chi connectivity index (χ0) is 11.8. The van der Waals surface area contributed by atoms with E-state index < -0.39 is 0 Å². The van der Waals surface area contributed by atoms with Gasteiger partial charge < -0.3 is 4.42 Å². The van der Waals surface area contributed by atoms with Crippen molar-refractivity contribution in [1.82, 2.24) is 9.97 Å². The summed E-state index contributed by atoms with van der Waals surface area (Å²) in [7, 11) is 0. The lowest BCUT2D eigenvalue weighted by Gasteiger charge is -2.00. The van der Waals surface area contributed by atoms with Crippen molar-refractivity contribution in [2.75, 3.05) is 0 Å². The van der Waals surface area contributed by atoms with Crippen LogP contribution >= 0.6 is 11.6 Å². The number of rotatable bonds is 1. The van der Waals surface area contributed by atoms with Gasteiger partial charge in [-0.05, 0) is 12.5 Å². The highest BCUT2D eigenvalue weighted by Crippen LogP contribution is 2.33. The summed E-state index contributed by atoms with van der Waals surface area (Å²) in [5.74, 6) is 0. The van der Waals surface area contributed by atoms with Gasteiger partial charge in [0.1, 0.15) is 17.7 Å². The number of halogens is 1. The summed E-state index contributed by atoms with van der Waals surface area (Å²) < 4.78 is 5.39. The van der Waals surface area contributed by atoms with E-state index in [1.807, 2.05) is 25.1 Å². The summed E-state index contributed by atoms with van der Waals surface area (Å²) in [4.78, 5) is 8.03. The maximum Gasteiger partial charge on any atom is 0.231 e. The Morgan fingerprint density at radius 1 is 1.24 bits per heavy atom. The Balaban J connectivity index is 2.31. The summed E-state index contributed by atoms with van der Waals surface area (Å²) in [6.07, 6.45) is 3.06. The number of fused-ring (bicyclic) bond motifs is 1. The molecule has 84 valence electrons. The number of furan rings is 1. The first-order valence-corrected chi connectivity index (χ1v) is 5.58. The van der Waals surface area contributed by atoms with Gasteiger partial charge in [-0.15, -0.1) is 0 Å². The first-order valence-electron chi connectivity index (χ1n) is 5.20. The molecule has 0 bridgehead atoms. The summed E-state index contributed by atoms with van der Waals surface area (Å²) >= 11 is 6.08. The second kappa shape index (κ2) is 3.86. The molecule has 0 aliphatic carbocycles. The highest BCUT2D eigenvalue weighted by molar-refractivity contribution is 6.35. The Kier molecular flexibility index (Phi) is 2.34. The molecule has 0 amide bonds. The predicted molar refractivity (Wildman–Crippen MR) is 67.0 cm³/mol. The Morgan fingerprint density at radius 2 is 2.12 bits per heavy atom. The predicted octanol–water partition coefficient (Wildman–Crippen LogP) is 3.85. The van der Waals surface area contributed by atoms with Crippen LogP contribution in [0.15, 0.2) is 41.3 Å². The fraction of sp³-hybridized carbons (Fsp3) is 0.0769. The highest BCUT2D eigenvalue weighted by Gasteiger charge is 2.13. The van der Waals surface area contributed by atoms with Gasteiger partial charge in [-0.25, -0.2) is 9.97 Å². The summed E-state index contributed by atoms with van der Waals surface area (Å²) in [5, 5.41) is 1.18. The third-order valence-electron chi connectivity index (χ3n) is 2.65. The van der Waals surface area contributed by atoms with Crippen LogP contribution in [0, 0.1) is 6.92 Å². The standard InChI is InChI=1S/C13H9ClN2O/c1-8-3-2-4-9(5-8)10-6-17-13-11(10)12(14)15-7-16-13/h2-7H,1H3. The van der Waals surface area contributed by atoms with Gasteiger partial charge in [0.05, 0.1) is 5.39 Å². The molecule has 0 fully saturated rings. The molecule has 0 saturated carbocycles. The third-order valence-corrected chi connectivity index (χ3v) is 2.94. The van der Waals surface area contributed by atoms with Crippen molar-refractivity contribution in [3.05, 3.63) is 47.6 Å². The molecule has 3 rings (SSSR count). The van der Waals surface area contributed by atoms with Crippen LogP contribution in [-0.2, 0) is 0 Å². The number of aryl methyl sites for hydroxylation is 1. The molecule has 2 aromatic heterocycles. The second-order valence-corrected chi connectivity index (χ2v) is 4.22. The van der Waals surface area contributed by atoms with Crippen molar-refractivity contribution in [2.24, 2.45) is 0 Å². The molecule has 0 saturated heterocycles. The van der Waals surface area contributed by atoms with Crippen LogP contribution in [0.2, 0.25) is 5.15 Å². The molecule has 3 aromatic rings. The molecule has 0 atom stereocenters. The number of hydrogen-bond acceptors (Lipinski definition) is 3. The topological polar surface area (TPSA) is 38.9 Å². The monoisotopic (exact) mass is 244 g/mol. The van der Waals surface area contributed by atoms with E-state index in [1.165, 1.54) is 11.9 Å². The summed E-state index contributed by atoms with van der Waals surface area (Å²) in [6.45, 7) is 2.05. The molecule has 3 nitrogen and oxygen atoms in total. The second-order valence-electron chi connectivity index (χ2n) is 3.86. The fourth-order valence-electron chi connectivity index (χ4n) is 1.86. The van der Waals surface area contributed by atoms with E-state index in [0.29, 0.717) is 10.9 Å². The lowest BCUT2D eigenvalue weighted by atomic mass is 10.0. The first-order chi connectivity index (χ1) is 8.25. The maximum atomic E-state index is 6.08. The van der Waals surface area contributed by atoms with E-state index in [9.17, 15) is 0 Å².